The molecule has 1 fully saturated rings. The Balaban J connectivity index is 2.18. The molecule has 1 saturated heterocycles. The standard InChI is InChI=1S/C10H18N2O5/c1-7(8-2-4-16-5-3-8)11-10(15)12-17-6-9(13)14/h7-8H,2-6H2,1H3,(H,13,14)(H2,11,12,15). The second kappa shape index (κ2) is 7.08. The van der Waals surface area contributed by atoms with Gasteiger partial charge < -0.3 is 15.2 Å². The van der Waals surface area contributed by atoms with Gasteiger partial charge in [0.05, 0.1) is 0 Å². The highest BCUT2D eigenvalue weighted by molar-refractivity contribution is 5.73. The van der Waals surface area contributed by atoms with E-state index >= 15 is 0 Å². The van der Waals surface area contributed by atoms with Gasteiger partial charge in [-0.15, -0.1) is 0 Å². The number of nitrogens with one attached hydrogen (secondary N) is 2. The predicted molar refractivity (Wildman–Crippen MR) is 58.3 cm³/mol. The Bertz CT molecular complexity index is 265. The quantitative estimate of drug-likeness (QED) is 0.598. The number of carboxylic acid groups (broad SMARTS) is 1. The van der Waals surface area contributed by atoms with Crippen LogP contribution in [0.2, 0.25) is 0 Å². The Labute approximate surface area is 99.4 Å². The average Bonchev–Trinajstić information content (AvgIpc) is 2.29. The van der Waals surface area contributed by atoms with Gasteiger partial charge in [0.15, 0.2) is 6.61 Å². The van der Waals surface area contributed by atoms with Crippen LogP contribution in [0.5, 0.6) is 0 Å². The van der Waals surface area contributed by atoms with E-state index in [9.17, 15) is 9.59 Å². The molecule has 0 saturated carbocycles. The summed E-state index contributed by atoms with van der Waals surface area (Å²) in [5.41, 5.74) is 2.02. The van der Waals surface area contributed by atoms with Crippen molar-refractivity contribution in [2.45, 2.75) is 25.8 Å². The Morgan fingerprint density at radius 1 is 1.47 bits per heavy atom. The number of hydroxylamine groups is 1. The van der Waals surface area contributed by atoms with E-state index in [1.165, 1.54) is 0 Å². The van der Waals surface area contributed by atoms with Crippen molar-refractivity contribution in [2.24, 2.45) is 5.92 Å². The minimum atomic E-state index is -1.14. The lowest BCUT2D eigenvalue weighted by Gasteiger charge is -2.28. The fourth-order valence-corrected chi connectivity index (χ4v) is 1.73. The van der Waals surface area contributed by atoms with Gasteiger partial charge in [-0.2, -0.15) is 0 Å². The van der Waals surface area contributed by atoms with Gasteiger partial charge in [-0.3, -0.25) is 4.84 Å². The monoisotopic (exact) mass is 246 g/mol. The van der Waals surface area contributed by atoms with Crippen molar-refractivity contribution in [1.29, 1.82) is 0 Å². The van der Waals surface area contributed by atoms with E-state index < -0.39 is 18.6 Å². The molecular weight excluding hydrogens is 228 g/mol. The number of carbonyl (C=O) groups excluding carboxylic acids is 1. The first kappa shape index (κ1) is 13.7. The molecule has 0 aliphatic carbocycles. The third-order valence-electron chi connectivity index (χ3n) is 2.69. The summed E-state index contributed by atoms with van der Waals surface area (Å²) in [4.78, 5) is 25.9. The zero-order valence-electron chi connectivity index (χ0n) is 9.77. The average molecular weight is 246 g/mol. The van der Waals surface area contributed by atoms with Crippen LogP contribution in [-0.4, -0.2) is 43.0 Å². The van der Waals surface area contributed by atoms with Crippen LogP contribution in [0, 0.1) is 5.92 Å². The van der Waals surface area contributed by atoms with Crippen molar-refractivity contribution in [2.75, 3.05) is 19.8 Å². The molecule has 7 nitrogen and oxygen atoms in total. The van der Waals surface area contributed by atoms with E-state index in [0.29, 0.717) is 19.1 Å². The summed E-state index contributed by atoms with van der Waals surface area (Å²) in [6.45, 7) is 2.79. The Kier molecular flexibility index (Phi) is 5.71. The number of amides is 2. The molecular formula is C10H18N2O5. The highest BCUT2D eigenvalue weighted by Crippen LogP contribution is 2.18. The van der Waals surface area contributed by atoms with Crippen LogP contribution >= 0.6 is 0 Å². The molecule has 0 aromatic heterocycles. The summed E-state index contributed by atoms with van der Waals surface area (Å²) in [5.74, 6) is -0.753. The first-order chi connectivity index (χ1) is 8.09. The largest absolute Gasteiger partial charge is 0.479 e. The summed E-state index contributed by atoms with van der Waals surface area (Å²) in [6.07, 6.45) is 1.83. The minimum absolute atomic E-state index is 0.00679. The maximum absolute atomic E-state index is 11.3. The smallest absolute Gasteiger partial charge is 0.338 e. The summed E-state index contributed by atoms with van der Waals surface area (Å²) < 4.78 is 5.23. The van der Waals surface area contributed by atoms with E-state index in [4.69, 9.17) is 9.84 Å². The molecule has 1 unspecified atom stereocenters. The topological polar surface area (TPSA) is 96.9 Å². The van der Waals surface area contributed by atoms with E-state index in [1.54, 1.807) is 0 Å². The Morgan fingerprint density at radius 2 is 2.12 bits per heavy atom. The molecule has 1 atom stereocenters. The van der Waals surface area contributed by atoms with Gasteiger partial charge in [-0.1, -0.05) is 0 Å². The van der Waals surface area contributed by atoms with Crippen molar-refractivity contribution in [3.63, 3.8) is 0 Å². The SMILES string of the molecule is CC(NC(=O)NOCC(=O)O)C1CCOCC1. The van der Waals surface area contributed by atoms with E-state index in [1.807, 2.05) is 12.4 Å². The Hall–Kier alpha value is -1.34. The molecule has 0 spiro atoms. The lowest BCUT2D eigenvalue weighted by molar-refractivity contribution is -0.144. The van der Waals surface area contributed by atoms with Gasteiger partial charge in [0.2, 0.25) is 0 Å². The van der Waals surface area contributed by atoms with Crippen LogP contribution in [0.15, 0.2) is 0 Å². The lowest BCUT2D eigenvalue weighted by atomic mass is 9.93. The fourth-order valence-electron chi connectivity index (χ4n) is 1.73. The molecule has 0 bridgehead atoms. The van der Waals surface area contributed by atoms with E-state index in [2.05, 4.69) is 10.2 Å². The normalized spacial score (nSPS) is 18.4. The van der Waals surface area contributed by atoms with Crippen molar-refractivity contribution in [3.8, 4) is 0 Å². The number of aliphatic carboxylic acids is 1. The molecule has 2 amide bonds. The van der Waals surface area contributed by atoms with Crippen LogP contribution in [0.25, 0.3) is 0 Å². The fraction of sp³-hybridized carbons (Fsp3) is 0.800. The molecule has 1 rings (SSSR count). The van der Waals surface area contributed by atoms with E-state index in [0.717, 1.165) is 12.8 Å². The third kappa shape index (κ3) is 5.50. The minimum Gasteiger partial charge on any atom is -0.479 e. The molecule has 0 aromatic rings. The molecule has 3 N–H and O–H groups in total. The molecule has 0 radical (unpaired) electrons. The zero-order chi connectivity index (χ0) is 12.7. The Morgan fingerprint density at radius 3 is 2.71 bits per heavy atom. The molecule has 17 heavy (non-hydrogen) atoms. The lowest BCUT2D eigenvalue weighted by Crippen LogP contribution is -2.45. The van der Waals surface area contributed by atoms with Gasteiger partial charge in [0.25, 0.3) is 0 Å². The van der Waals surface area contributed by atoms with Crippen LogP contribution in [0.4, 0.5) is 4.79 Å². The van der Waals surface area contributed by atoms with Crippen molar-refractivity contribution >= 4 is 12.0 Å². The third-order valence-corrected chi connectivity index (χ3v) is 2.69. The van der Waals surface area contributed by atoms with Crippen molar-refractivity contribution in [1.82, 2.24) is 10.8 Å². The number of rotatable bonds is 5. The molecule has 1 aliphatic rings. The van der Waals surface area contributed by atoms with E-state index in [-0.39, 0.29) is 6.04 Å². The number of carbonyl (C=O) groups is 2. The molecule has 98 valence electrons. The summed E-state index contributed by atoms with van der Waals surface area (Å²) >= 11 is 0. The number of urea groups is 1. The van der Waals surface area contributed by atoms with Gasteiger partial charge >= 0.3 is 12.0 Å². The molecule has 0 aromatic carbocycles. The number of ether oxygens (including phenoxy) is 1. The number of hydrogen-bond donors (Lipinski definition) is 3. The maximum Gasteiger partial charge on any atom is 0.338 e. The maximum atomic E-state index is 11.3. The summed E-state index contributed by atoms with van der Waals surface area (Å²) in [7, 11) is 0. The van der Waals surface area contributed by atoms with Gasteiger partial charge in [-0.05, 0) is 25.7 Å². The van der Waals surface area contributed by atoms with Crippen LogP contribution in [0.1, 0.15) is 19.8 Å². The molecule has 1 heterocycles. The van der Waals surface area contributed by atoms with Crippen molar-refractivity contribution < 1.29 is 24.3 Å². The first-order valence-electron chi connectivity index (χ1n) is 5.57. The molecule has 1 aliphatic heterocycles. The number of hydrogen-bond acceptors (Lipinski definition) is 4. The number of carboxylic acids is 1. The first-order valence-corrected chi connectivity index (χ1v) is 5.57. The van der Waals surface area contributed by atoms with Gasteiger partial charge in [0.1, 0.15) is 0 Å². The predicted octanol–water partition coefficient (Wildman–Crippen LogP) is 0.117. The second-order valence-electron chi connectivity index (χ2n) is 4.00. The highest BCUT2D eigenvalue weighted by atomic mass is 16.7. The summed E-state index contributed by atoms with van der Waals surface area (Å²) in [6, 6.07) is -0.516. The van der Waals surface area contributed by atoms with Crippen LogP contribution in [0.3, 0.4) is 0 Å². The van der Waals surface area contributed by atoms with Crippen molar-refractivity contribution in [3.05, 3.63) is 0 Å². The van der Waals surface area contributed by atoms with Gasteiger partial charge in [-0.25, -0.2) is 15.1 Å². The summed E-state index contributed by atoms with van der Waals surface area (Å²) in [5, 5.41) is 11.0. The molecule has 7 heteroatoms. The van der Waals surface area contributed by atoms with Crippen LogP contribution in [-0.2, 0) is 14.4 Å². The second-order valence-corrected chi connectivity index (χ2v) is 4.00. The highest BCUT2D eigenvalue weighted by Gasteiger charge is 2.21. The van der Waals surface area contributed by atoms with Gasteiger partial charge in [0, 0.05) is 19.3 Å². The zero-order valence-corrected chi connectivity index (χ0v) is 9.77. The van der Waals surface area contributed by atoms with Crippen LogP contribution < -0.4 is 10.8 Å².